The number of allylic oxidation sites excluding steroid dienone is 5. The minimum atomic E-state index is -4.41. The van der Waals surface area contributed by atoms with E-state index in [1.165, 1.54) is 141 Å². The molecule has 4 unspecified atom stereocenters. The lowest BCUT2D eigenvalue weighted by atomic mass is 10.0. The van der Waals surface area contributed by atoms with Gasteiger partial charge in [0.05, 0.1) is 37.9 Å². The highest BCUT2D eigenvalue weighted by molar-refractivity contribution is 7.47. The smallest absolute Gasteiger partial charge is 0.393 e. The van der Waals surface area contributed by atoms with Gasteiger partial charge in [0, 0.05) is 6.54 Å². The topological polar surface area (TPSA) is 151 Å². The molecule has 0 saturated heterocycles. The molecule has 4 atom stereocenters. The van der Waals surface area contributed by atoms with Gasteiger partial charge in [0.15, 0.2) is 0 Å². The van der Waals surface area contributed by atoms with Gasteiger partial charge >= 0.3 is 7.82 Å². The minimum Gasteiger partial charge on any atom is -0.393 e. The van der Waals surface area contributed by atoms with Crippen molar-refractivity contribution >= 4 is 13.7 Å². The lowest BCUT2D eigenvalue weighted by Gasteiger charge is -2.24. The molecule has 0 heterocycles. The highest BCUT2D eigenvalue weighted by atomic mass is 31.2. The second kappa shape index (κ2) is 42.8. The molecule has 1 amide bonds. The quantitative estimate of drug-likeness (QED) is 0.0231. The van der Waals surface area contributed by atoms with Gasteiger partial charge in [0.2, 0.25) is 5.91 Å². The number of amides is 1. The largest absolute Gasteiger partial charge is 0.472 e. The summed E-state index contributed by atoms with van der Waals surface area (Å²) in [6, 6.07) is -1.00. The van der Waals surface area contributed by atoms with Crippen LogP contribution in [0, 0.1) is 0 Å². The van der Waals surface area contributed by atoms with Crippen LogP contribution in [0.25, 0.3) is 0 Å². The van der Waals surface area contributed by atoms with Crippen LogP contribution >= 0.6 is 7.82 Å². The molecule has 0 aliphatic carbocycles. The van der Waals surface area contributed by atoms with Crippen molar-refractivity contribution < 1.29 is 33.5 Å². The lowest BCUT2D eigenvalue weighted by molar-refractivity contribution is -0.124. The number of carbonyl (C=O) groups is 1. The number of nitrogens with two attached hydrogens (primary N) is 1. The molecule has 336 valence electrons. The Hall–Kier alpha value is -1.32. The second-order valence-electron chi connectivity index (χ2n) is 16.1. The van der Waals surface area contributed by atoms with E-state index in [9.17, 15) is 24.5 Å². The van der Waals surface area contributed by atoms with E-state index in [2.05, 4.69) is 43.5 Å². The van der Waals surface area contributed by atoms with Crippen molar-refractivity contribution in [2.75, 3.05) is 19.8 Å². The fraction of sp³-hybridized carbons (Fsp3) is 0.851. The lowest BCUT2D eigenvalue weighted by Crippen LogP contribution is -2.46. The first-order valence-corrected chi connectivity index (χ1v) is 25.2. The summed E-state index contributed by atoms with van der Waals surface area (Å²) in [4.78, 5) is 22.8. The zero-order chi connectivity index (χ0) is 41.9. The summed E-state index contributed by atoms with van der Waals surface area (Å²) in [5.41, 5.74) is 5.37. The van der Waals surface area contributed by atoms with Gasteiger partial charge in [0.1, 0.15) is 0 Å². The number of nitrogens with one attached hydrogen (secondary N) is 1. The van der Waals surface area contributed by atoms with Gasteiger partial charge in [-0.1, -0.05) is 204 Å². The van der Waals surface area contributed by atoms with Crippen LogP contribution in [0.2, 0.25) is 0 Å². The maximum absolute atomic E-state index is 12.8. The van der Waals surface area contributed by atoms with E-state index < -0.39 is 38.6 Å². The van der Waals surface area contributed by atoms with Gasteiger partial charge in [0.25, 0.3) is 0 Å². The van der Waals surface area contributed by atoms with Crippen LogP contribution in [0.3, 0.4) is 0 Å². The summed E-state index contributed by atoms with van der Waals surface area (Å²) >= 11 is 0. The maximum Gasteiger partial charge on any atom is 0.472 e. The van der Waals surface area contributed by atoms with Gasteiger partial charge in [-0.25, -0.2) is 4.57 Å². The van der Waals surface area contributed by atoms with Gasteiger partial charge in [-0.2, -0.15) is 0 Å². The van der Waals surface area contributed by atoms with Crippen molar-refractivity contribution in [1.29, 1.82) is 0 Å². The maximum atomic E-state index is 12.8. The zero-order valence-corrected chi connectivity index (χ0v) is 37.8. The summed E-state index contributed by atoms with van der Waals surface area (Å²) in [5, 5.41) is 24.1. The van der Waals surface area contributed by atoms with Crippen LogP contribution in [-0.4, -0.2) is 59.0 Å². The van der Waals surface area contributed by atoms with E-state index in [0.29, 0.717) is 12.8 Å². The van der Waals surface area contributed by atoms with Crippen molar-refractivity contribution in [3.8, 4) is 0 Å². The molecule has 0 spiro atoms. The van der Waals surface area contributed by atoms with Crippen LogP contribution in [0.5, 0.6) is 0 Å². The van der Waals surface area contributed by atoms with E-state index in [4.69, 9.17) is 14.8 Å². The number of phosphoric ester groups is 1. The average Bonchev–Trinajstić information content (AvgIpc) is 3.19. The summed E-state index contributed by atoms with van der Waals surface area (Å²) in [6.45, 7) is 3.96. The number of aliphatic hydroxyl groups excluding tert-OH is 2. The molecular formula is C47H91N2O7P. The molecule has 0 saturated carbocycles. The fourth-order valence-electron chi connectivity index (χ4n) is 6.91. The molecular weight excluding hydrogens is 735 g/mol. The van der Waals surface area contributed by atoms with Crippen molar-refractivity contribution in [2.45, 2.75) is 238 Å². The molecule has 10 heteroatoms. The monoisotopic (exact) mass is 827 g/mol. The molecule has 0 bridgehead atoms. The molecule has 0 rings (SSSR count). The third-order valence-electron chi connectivity index (χ3n) is 10.5. The number of aliphatic hydroxyl groups is 2. The predicted molar refractivity (Wildman–Crippen MR) is 241 cm³/mol. The minimum absolute atomic E-state index is 0.0429. The first kappa shape index (κ1) is 55.7. The standard InChI is InChI=1S/C47H91N2O7P/c1-3-5-7-9-11-13-15-17-19-20-21-22-23-25-27-29-31-33-35-37-39-46(51)45(43-56-57(53,54)55-41-40-48)49-47(52)42-44(50)38-36-34-32-30-28-26-24-18-16-14-12-10-8-6-4-2/h22-23,29,31,37,39,44-46,50-51H,3-21,24-28,30,32-36,38,40-43,48H2,1-2H3,(H,49,52)(H,53,54)/b23-22+,31-29+,39-37+. The molecule has 0 aromatic carbocycles. The van der Waals surface area contributed by atoms with Crippen LogP contribution in [0.4, 0.5) is 0 Å². The summed E-state index contributed by atoms with van der Waals surface area (Å²) in [5.74, 6) is -0.458. The number of phosphoric acid groups is 1. The Morgan fingerprint density at radius 2 is 1.00 bits per heavy atom. The number of carbonyl (C=O) groups excluding carboxylic acids is 1. The Bertz CT molecular complexity index is 1010. The van der Waals surface area contributed by atoms with E-state index in [0.717, 1.165) is 44.9 Å². The molecule has 6 N–H and O–H groups in total. The number of hydrogen-bond acceptors (Lipinski definition) is 7. The third kappa shape index (κ3) is 41.2. The number of hydrogen-bond donors (Lipinski definition) is 5. The molecule has 0 aromatic rings. The number of rotatable bonds is 44. The van der Waals surface area contributed by atoms with Gasteiger partial charge in [-0.05, 0) is 44.9 Å². The van der Waals surface area contributed by atoms with E-state index in [-0.39, 0.29) is 19.6 Å². The first-order valence-electron chi connectivity index (χ1n) is 23.7. The van der Waals surface area contributed by atoms with E-state index in [1.807, 2.05) is 6.08 Å². The molecule has 57 heavy (non-hydrogen) atoms. The van der Waals surface area contributed by atoms with Crippen molar-refractivity contribution in [3.05, 3.63) is 36.5 Å². The Kier molecular flexibility index (Phi) is 41.8. The molecule has 0 fully saturated rings. The van der Waals surface area contributed by atoms with Crippen LogP contribution in [0.15, 0.2) is 36.5 Å². The predicted octanol–water partition coefficient (Wildman–Crippen LogP) is 12.5. The van der Waals surface area contributed by atoms with Crippen molar-refractivity contribution in [1.82, 2.24) is 5.32 Å². The van der Waals surface area contributed by atoms with Crippen LogP contribution < -0.4 is 11.1 Å². The second-order valence-corrected chi connectivity index (χ2v) is 17.6. The van der Waals surface area contributed by atoms with Gasteiger partial charge in [-0.3, -0.25) is 13.8 Å². The first-order chi connectivity index (χ1) is 27.8. The summed E-state index contributed by atoms with van der Waals surface area (Å²) in [7, 11) is -4.41. The van der Waals surface area contributed by atoms with Crippen LogP contribution in [0.1, 0.15) is 219 Å². The Labute approximate surface area is 351 Å². The Balaban J connectivity index is 4.34. The van der Waals surface area contributed by atoms with E-state index in [1.54, 1.807) is 6.08 Å². The normalized spacial score (nSPS) is 14.8. The molecule has 0 aromatic heterocycles. The SMILES string of the molecule is CCCCCCCCCCCC/C=C/CC/C=C/CC/C=C/C(O)C(COP(=O)(O)OCCN)NC(=O)CC(O)CCCCCCCCCCCCCCCCC. The molecule has 0 aliphatic heterocycles. The van der Waals surface area contributed by atoms with Crippen molar-refractivity contribution in [3.63, 3.8) is 0 Å². The van der Waals surface area contributed by atoms with Gasteiger partial charge in [-0.15, -0.1) is 0 Å². The molecule has 9 nitrogen and oxygen atoms in total. The zero-order valence-electron chi connectivity index (χ0n) is 36.9. The fourth-order valence-corrected chi connectivity index (χ4v) is 7.67. The number of unbranched alkanes of at least 4 members (excludes halogenated alkanes) is 26. The highest BCUT2D eigenvalue weighted by Crippen LogP contribution is 2.43. The average molecular weight is 827 g/mol. The van der Waals surface area contributed by atoms with Crippen LogP contribution in [-0.2, 0) is 18.4 Å². The van der Waals surface area contributed by atoms with Crippen molar-refractivity contribution in [2.24, 2.45) is 5.73 Å². The molecule has 0 radical (unpaired) electrons. The van der Waals surface area contributed by atoms with E-state index >= 15 is 0 Å². The molecule has 0 aliphatic rings. The highest BCUT2D eigenvalue weighted by Gasteiger charge is 2.27. The Morgan fingerprint density at radius 1 is 0.596 bits per heavy atom. The summed E-state index contributed by atoms with van der Waals surface area (Å²) < 4.78 is 22.1. The van der Waals surface area contributed by atoms with Gasteiger partial charge < -0.3 is 26.2 Å². The summed E-state index contributed by atoms with van der Waals surface area (Å²) in [6.07, 6.45) is 48.1. The Morgan fingerprint density at radius 3 is 1.46 bits per heavy atom. The third-order valence-corrected chi connectivity index (χ3v) is 11.5.